The molecule has 1 fully saturated rings. The van der Waals surface area contributed by atoms with Crippen molar-refractivity contribution in [3.63, 3.8) is 0 Å². The molecule has 0 saturated carbocycles. The molecule has 1 aliphatic rings. The maximum atomic E-state index is 5.67. The van der Waals surface area contributed by atoms with Crippen LogP contribution in [0, 0.1) is 0 Å². The standard InChI is InChI=1S/C15H23NO/c1-13(15-10-6-12-17-15)16-11-5-9-14-7-3-2-4-8-14/h2-4,7-8,13,15-16H,5-6,9-12H2,1H3. The Labute approximate surface area is 104 Å². The molecule has 2 nitrogen and oxygen atoms in total. The zero-order valence-corrected chi connectivity index (χ0v) is 10.7. The summed E-state index contributed by atoms with van der Waals surface area (Å²) < 4.78 is 5.67. The quantitative estimate of drug-likeness (QED) is 0.763. The summed E-state index contributed by atoms with van der Waals surface area (Å²) in [6.45, 7) is 4.26. The van der Waals surface area contributed by atoms with Crippen molar-refractivity contribution in [3.8, 4) is 0 Å². The van der Waals surface area contributed by atoms with Gasteiger partial charge in [-0.25, -0.2) is 0 Å². The van der Waals surface area contributed by atoms with E-state index in [9.17, 15) is 0 Å². The Morgan fingerprint density at radius 2 is 2.18 bits per heavy atom. The Morgan fingerprint density at radius 1 is 1.35 bits per heavy atom. The highest BCUT2D eigenvalue weighted by atomic mass is 16.5. The average molecular weight is 233 g/mol. The van der Waals surface area contributed by atoms with Gasteiger partial charge in [-0.1, -0.05) is 30.3 Å². The average Bonchev–Trinajstić information content (AvgIpc) is 2.89. The van der Waals surface area contributed by atoms with Gasteiger partial charge in [-0.05, 0) is 44.7 Å². The number of rotatable bonds is 6. The molecule has 0 aliphatic carbocycles. The topological polar surface area (TPSA) is 21.3 Å². The van der Waals surface area contributed by atoms with Gasteiger partial charge in [0.2, 0.25) is 0 Å². The zero-order valence-electron chi connectivity index (χ0n) is 10.7. The Morgan fingerprint density at radius 3 is 2.88 bits per heavy atom. The summed E-state index contributed by atoms with van der Waals surface area (Å²) in [6, 6.07) is 11.2. The number of nitrogens with one attached hydrogen (secondary N) is 1. The SMILES string of the molecule is CC(NCCCc1ccccc1)C1CCCO1. The Kier molecular flexibility index (Phi) is 5.02. The molecule has 0 radical (unpaired) electrons. The molecule has 2 atom stereocenters. The smallest absolute Gasteiger partial charge is 0.0726 e. The van der Waals surface area contributed by atoms with Crippen LogP contribution in [0.4, 0.5) is 0 Å². The van der Waals surface area contributed by atoms with Crippen LogP contribution >= 0.6 is 0 Å². The summed E-state index contributed by atoms with van der Waals surface area (Å²) >= 11 is 0. The number of hydrogen-bond acceptors (Lipinski definition) is 2. The van der Waals surface area contributed by atoms with E-state index >= 15 is 0 Å². The highest BCUT2D eigenvalue weighted by Crippen LogP contribution is 2.15. The van der Waals surface area contributed by atoms with Crippen molar-refractivity contribution in [3.05, 3.63) is 35.9 Å². The lowest BCUT2D eigenvalue weighted by Gasteiger charge is -2.19. The molecule has 94 valence electrons. The summed E-state index contributed by atoms with van der Waals surface area (Å²) in [6.07, 6.45) is 5.23. The van der Waals surface area contributed by atoms with Crippen molar-refractivity contribution >= 4 is 0 Å². The maximum Gasteiger partial charge on any atom is 0.0726 e. The van der Waals surface area contributed by atoms with Crippen LogP contribution in [-0.2, 0) is 11.2 Å². The second-order valence-corrected chi connectivity index (χ2v) is 4.88. The van der Waals surface area contributed by atoms with E-state index in [1.807, 2.05) is 0 Å². The van der Waals surface area contributed by atoms with Gasteiger partial charge in [-0.2, -0.15) is 0 Å². The van der Waals surface area contributed by atoms with E-state index in [0.717, 1.165) is 19.6 Å². The molecule has 2 heteroatoms. The first kappa shape index (κ1) is 12.6. The fourth-order valence-electron chi connectivity index (χ4n) is 2.40. The van der Waals surface area contributed by atoms with E-state index in [0.29, 0.717) is 12.1 Å². The van der Waals surface area contributed by atoms with Gasteiger partial charge in [0.15, 0.2) is 0 Å². The second kappa shape index (κ2) is 6.77. The molecule has 2 unspecified atom stereocenters. The lowest BCUT2D eigenvalue weighted by atomic mass is 10.1. The Hall–Kier alpha value is -0.860. The minimum absolute atomic E-state index is 0.437. The highest BCUT2D eigenvalue weighted by Gasteiger charge is 2.21. The molecule has 1 N–H and O–H groups in total. The third-order valence-electron chi connectivity index (χ3n) is 3.47. The fraction of sp³-hybridized carbons (Fsp3) is 0.600. The predicted molar refractivity (Wildman–Crippen MR) is 71.2 cm³/mol. The fourth-order valence-corrected chi connectivity index (χ4v) is 2.40. The number of hydrogen-bond donors (Lipinski definition) is 1. The number of ether oxygens (including phenoxy) is 1. The van der Waals surface area contributed by atoms with Gasteiger partial charge in [-0.3, -0.25) is 0 Å². The summed E-state index contributed by atoms with van der Waals surface area (Å²) in [5, 5.41) is 3.57. The van der Waals surface area contributed by atoms with Gasteiger partial charge in [0.1, 0.15) is 0 Å². The van der Waals surface area contributed by atoms with E-state index in [-0.39, 0.29) is 0 Å². The molecule has 1 saturated heterocycles. The predicted octanol–water partition coefficient (Wildman–Crippen LogP) is 2.78. The lowest BCUT2D eigenvalue weighted by Crippen LogP contribution is -2.37. The van der Waals surface area contributed by atoms with Gasteiger partial charge in [0.05, 0.1) is 6.10 Å². The Bertz CT molecular complexity index is 306. The molecule has 0 spiro atoms. The van der Waals surface area contributed by atoms with Crippen LogP contribution in [0.15, 0.2) is 30.3 Å². The minimum Gasteiger partial charge on any atom is -0.377 e. The summed E-state index contributed by atoms with van der Waals surface area (Å²) in [4.78, 5) is 0. The van der Waals surface area contributed by atoms with E-state index in [4.69, 9.17) is 4.74 Å². The van der Waals surface area contributed by atoms with Gasteiger partial charge >= 0.3 is 0 Å². The van der Waals surface area contributed by atoms with Crippen molar-refractivity contribution in [2.45, 2.75) is 44.8 Å². The van der Waals surface area contributed by atoms with Crippen LogP contribution in [-0.4, -0.2) is 25.3 Å². The van der Waals surface area contributed by atoms with E-state index in [2.05, 4.69) is 42.6 Å². The summed E-state index contributed by atoms with van der Waals surface area (Å²) in [5.74, 6) is 0. The van der Waals surface area contributed by atoms with E-state index in [1.54, 1.807) is 0 Å². The van der Waals surface area contributed by atoms with Crippen molar-refractivity contribution in [1.29, 1.82) is 0 Å². The van der Waals surface area contributed by atoms with Crippen molar-refractivity contribution in [1.82, 2.24) is 5.32 Å². The van der Waals surface area contributed by atoms with Crippen molar-refractivity contribution in [2.24, 2.45) is 0 Å². The summed E-state index contributed by atoms with van der Waals surface area (Å²) in [5.41, 5.74) is 1.43. The molecule has 1 heterocycles. The Balaban J connectivity index is 1.59. The van der Waals surface area contributed by atoms with Crippen LogP contribution in [0.3, 0.4) is 0 Å². The van der Waals surface area contributed by atoms with Crippen molar-refractivity contribution in [2.75, 3.05) is 13.2 Å². The van der Waals surface area contributed by atoms with Crippen LogP contribution in [0.25, 0.3) is 0 Å². The maximum absolute atomic E-state index is 5.67. The van der Waals surface area contributed by atoms with Gasteiger partial charge in [0, 0.05) is 12.6 Å². The first-order chi connectivity index (χ1) is 8.36. The normalized spacial score (nSPS) is 21.6. The number of benzene rings is 1. The third kappa shape index (κ3) is 4.14. The molecule has 0 aromatic heterocycles. The molecule has 0 amide bonds. The van der Waals surface area contributed by atoms with Crippen LogP contribution in [0.5, 0.6) is 0 Å². The number of aryl methyl sites for hydroxylation is 1. The largest absolute Gasteiger partial charge is 0.377 e. The molecule has 17 heavy (non-hydrogen) atoms. The molecule has 0 bridgehead atoms. The van der Waals surface area contributed by atoms with Crippen LogP contribution in [0.2, 0.25) is 0 Å². The molecule has 1 aromatic carbocycles. The molecule has 1 aliphatic heterocycles. The van der Waals surface area contributed by atoms with Crippen LogP contribution in [0.1, 0.15) is 31.7 Å². The summed E-state index contributed by atoms with van der Waals surface area (Å²) in [7, 11) is 0. The lowest BCUT2D eigenvalue weighted by molar-refractivity contribution is 0.0837. The second-order valence-electron chi connectivity index (χ2n) is 4.88. The van der Waals surface area contributed by atoms with Gasteiger partial charge in [0.25, 0.3) is 0 Å². The van der Waals surface area contributed by atoms with Crippen molar-refractivity contribution < 1.29 is 4.74 Å². The monoisotopic (exact) mass is 233 g/mol. The van der Waals surface area contributed by atoms with Gasteiger partial charge in [-0.15, -0.1) is 0 Å². The zero-order chi connectivity index (χ0) is 11.9. The first-order valence-corrected chi connectivity index (χ1v) is 6.75. The molecular weight excluding hydrogens is 210 g/mol. The minimum atomic E-state index is 0.437. The van der Waals surface area contributed by atoms with Crippen LogP contribution < -0.4 is 5.32 Å². The van der Waals surface area contributed by atoms with E-state index in [1.165, 1.54) is 24.8 Å². The highest BCUT2D eigenvalue weighted by molar-refractivity contribution is 5.14. The molecule has 2 rings (SSSR count). The molecular formula is C15H23NO. The first-order valence-electron chi connectivity index (χ1n) is 6.75. The van der Waals surface area contributed by atoms with Gasteiger partial charge < -0.3 is 10.1 Å². The van der Waals surface area contributed by atoms with E-state index < -0.39 is 0 Å². The third-order valence-corrected chi connectivity index (χ3v) is 3.47. The molecule has 1 aromatic rings.